The number of nitrogens with one attached hydrogen (secondary N) is 1. The van der Waals surface area contributed by atoms with Gasteiger partial charge in [0, 0.05) is 36.4 Å². The molecular weight excluding hydrogens is 514 g/mol. The second-order valence-corrected chi connectivity index (χ2v) is 9.51. The number of aryl methyl sites for hydroxylation is 2. The zero-order chi connectivity index (χ0) is 33.0. The van der Waals surface area contributed by atoms with Gasteiger partial charge in [-0.2, -0.15) is 10.2 Å². The Morgan fingerprint density at radius 1 is 1.10 bits per heavy atom. The van der Waals surface area contributed by atoms with Crippen LogP contribution < -0.4 is 10.9 Å². The molecule has 202 valence electrons. The highest BCUT2D eigenvalue weighted by Gasteiger charge is 2.23. The molecule has 0 spiro atoms. The molecule has 0 saturated heterocycles. The Balaban J connectivity index is 1.58. The number of pyridine rings is 1. The van der Waals surface area contributed by atoms with E-state index in [-0.39, 0.29) is 22.3 Å². The summed E-state index contributed by atoms with van der Waals surface area (Å²) >= 11 is 0. The van der Waals surface area contributed by atoms with Gasteiger partial charge in [0.2, 0.25) is 0 Å². The van der Waals surface area contributed by atoms with Gasteiger partial charge in [0.15, 0.2) is 5.65 Å². The quantitative estimate of drug-likeness (QED) is 0.333. The van der Waals surface area contributed by atoms with Crippen LogP contribution in [0, 0.1) is 25.7 Å². The van der Waals surface area contributed by atoms with E-state index in [2.05, 4.69) is 32.3 Å². The van der Waals surface area contributed by atoms with Crippen LogP contribution in [0.2, 0.25) is 0 Å². The average Bonchev–Trinajstić information content (AvgIpc) is 3.55. The van der Waals surface area contributed by atoms with Gasteiger partial charge in [-0.1, -0.05) is 42.1 Å². The minimum Gasteiger partial charge on any atom is -0.344 e. The summed E-state index contributed by atoms with van der Waals surface area (Å²) in [6, 6.07) is 4.70. The molecule has 9 nitrogen and oxygen atoms in total. The van der Waals surface area contributed by atoms with Crippen molar-refractivity contribution in [2.24, 2.45) is 7.05 Å². The van der Waals surface area contributed by atoms with E-state index in [0.717, 1.165) is 10.3 Å². The minimum absolute atomic E-state index is 0.188. The first kappa shape index (κ1) is 20.4. The Hall–Kier alpha value is -5.49. The van der Waals surface area contributed by atoms with E-state index in [0.29, 0.717) is 27.9 Å². The molecule has 41 heavy (non-hydrogen) atoms. The maximum Gasteiger partial charge on any atom is 0.264 e. The number of fused-ring (bicyclic) bond motifs is 2. The molecule has 1 amide bonds. The SMILES string of the molecule is [2H]c1c([2H])c([2H])c(-n2c([C@H](C)NC(=O)c3c(C)nn4cccnc34)cc3cccc(C#Cc4cnn(C)c4C)c3c2=O)c([2H])c1[2H]. The number of carbonyl (C=O) groups excluding carboxylic acids is 1. The standard InChI is InChI=1S/C32H27N7O2/c1-20(35-31(40)28-21(2)36-38-17-9-16-33-30(28)38)27-18-24-11-8-10-23(14-15-25-19-34-37(4)22(25)3)29(24)32(41)39(27)26-12-6-5-7-13-26/h5-13,16-20H,1-4H3,(H,35,40)/t20-/m0/s1/i5D,6D,7D,12D,13D. The predicted molar refractivity (Wildman–Crippen MR) is 157 cm³/mol. The number of aromatic nitrogens is 6. The summed E-state index contributed by atoms with van der Waals surface area (Å²) in [5, 5.41) is 12.1. The fraction of sp³-hybridized carbons (Fsp3) is 0.156. The lowest BCUT2D eigenvalue weighted by atomic mass is 10.0. The monoisotopic (exact) mass is 546 g/mol. The van der Waals surface area contributed by atoms with E-state index in [4.69, 9.17) is 6.85 Å². The first-order chi connectivity index (χ1) is 21.9. The van der Waals surface area contributed by atoms with E-state index < -0.39 is 47.7 Å². The van der Waals surface area contributed by atoms with Gasteiger partial charge < -0.3 is 5.32 Å². The molecule has 1 N–H and O–H groups in total. The molecule has 4 aromatic heterocycles. The third-order valence-electron chi connectivity index (χ3n) is 6.94. The Morgan fingerprint density at radius 3 is 2.63 bits per heavy atom. The second-order valence-electron chi connectivity index (χ2n) is 9.51. The number of para-hydroxylation sites is 1. The average molecular weight is 547 g/mol. The molecule has 0 fully saturated rings. The number of benzene rings is 2. The normalized spacial score (nSPS) is 13.5. The van der Waals surface area contributed by atoms with Crippen LogP contribution in [0.25, 0.3) is 22.1 Å². The molecular formula is C32H27N7O2. The fourth-order valence-electron chi connectivity index (χ4n) is 4.75. The van der Waals surface area contributed by atoms with E-state index >= 15 is 0 Å². The van der Waals surface area contributed by atoms with Crippen LogP contribution in [0.4, 0.5) is 0 Å². The summed E-state index contributed by atoms with van der Waals surface area (Å²) in [6.07, 6.45) is 4.85. The van der Waals surface area contributed by atoms with Crippen molar-refractivity contribution < 1.29 is 11.6 Å². The highest BCUT2D eigenvalue weighted by Crippen LogP contribution is 2.24. The number of amides is 1. The van der Waals surface area contributed by atoms with Crippen LogP contribution in [-0.2, 0) is 7.05 Å². The van der Waals surface area contributed by atoms with Crippen molar-refractivity contribution in [3.8, 4) is 17.5 Å². The number of hydrogen-bond acceptors (Lipinski definition) is 5. The molecule has 0 radical (unpaired) electrons. The zero-order valence-electron chi connectivity index (χ0n) is 27.7. The second kappa shape index (κ2) is 10.2. The van der Waals surface area contributed by atoms with Crippen molar-refractivity contribution in [2.75, 3.05) is 0 Å². The highest BCUT2D eigenvalue weighted by molar-refractivity contribution is 6.01. The third-order valence-corrected chi connectivity index (χ3v) is 6.94. The minimum atomic E-state index is -0.881. The van der Waals surface area contributed by atoms with Gasteiger partial charge in [0.05, 0.1) is 41.4 Å². The summed E-state index contributed by atoms with van der Waals surface area (Å²) < 4.78 is 46.3. The topological polar surface area (TPSA) is 99.1 Å². The largest absolute Gasteiger partial charge is 0.344 e. The van der Waals surface area contributed by atoms with Crippen molar-refractivity contribution in [1.29, 1.82) is 0 Å². The van der Waals surface area contributed by atoms with E-state index in [9.17, 15) is 9.59 Å². The van der Waals surface area contributed by atoms with Crippen LogP contribution in [0.1, 0.15) is 58.4 Å². The maximum absolute atomic E-state index is 14.5. The molecule has 6 aromatic rings. The van der Waals surface area contributed by atoms with E-state index in [1.54, 1.807) is 74.5 Å². The number of rotatable bonds is 4. The molecule has 0 aliphatic heterocycles. The summed E-state index contributed by atoms with van der Waals surface area (Å²) in [4.78, 5) is 32.4. The van der Waals surface area contributed by atoms with Gasteiger partial charge >= 0.3 is 0 Å². The molecule has 9 heteroatoms. The molecule has 0 bridgehead atoms. The van der Waals surface area contributed by atoms with E-state index in [1.165, 1.54) is 4.52 Å². The Kier molecular flexibility index (Phi) is 5.10. The molecule has 0 aliphatic rings. The van der Waals surface area contributed by atoms with Crippen molar-refractivity contribution in [3.63, 3.8) is 0 Å². The lowest BCUT2D eigenvalue weighted by Gasteiger charge is -2.21. The van der Waals surface area contributed by atoms with Crippen LogP contribution in [0.3, 0.4) is 0 Å². The van der Waals surface area contributed by atoms with Crippen molar-refractivity contribution >= 4 is 22.3 Å². The Labute approximate surface area is 243 Å². The van der Waals surface area contributed by atoms with E-state index in [1.807, 2.05) is 6.92 Å². The number of carbonyl (C=O) groups is 1. The summed E-state index contributed by atoms with van der Waals surface area (Å²) in [5.74, 6) is 5.62. The molecule has 1 atom stereocenters. The number of hydrogen-bond donors (Lipinski definition) is 1. The Morgan fingerprint density at radius 2 is 1.88 bits per heavy atom. The van der Waals surface area contributed by atoms with Crippen LogP contribution >= 0.6 is 0 Å². The molecule has 0 aliphatic carbocycles. The van der Waals surface area contributed by atoms with Crippen molar-refractivity contribution in [1.82, 2.24) is 34.3 Å². The smallest absolute Gasteiger partial charge is 0.264 e. The van der Waals surface area contributed by atoms with Crippen LogP contribution in [0.15, 0.2) is 83.9 Å². The lowest BCUT2D eigenvalue weighted by molar-refractivity contribution is 0.0939. The Bertz CT molecular complexity index is 2340. The molecule has 0 saturated carbocycles. The fourth-order valence-corrected chi connectivity index (χ4v) is 4.75. The van der Waals surface area contributed by atoms with Gasteiger partial charge in [-0.25, -0.2) is 9.50 Å². The first-order valence-corrected chi connectivity index (χ1v) is 12.8. The predicted octanol–water partition coefficient (Wildman–Crippen LogP) is 4.27. The van der Waals surface area contributed by atoms with Gasteiger partial charge in [-0.15, -0.1) is 0 Å². The van der Waals surface area contributed by atoms with Crippen molar-refractivity contribution in [3.05, 3.63) is 123 Å². The molecule has 2 aromatic carbocycles. The van der Waals surface area contributed by atoms with Gasteiger partial charge in [0.1, 0.15) is 5.56 Å². The maximum atomic E-state index is 14.5. The molecule has 4 heterocycles. The summed E-state index contributed by atoms with van der Waals surface area (Å²) in [6.45, 7) is 5.20. The third kappa shape index (κ3) is 4.55. The van der Waals surface area contributed by atoms with Gasteiger partial charge in [-0.3, -0.25) is 18.8 Å². The lowest BCUT2D eigenvalue weighted by Crippen LogP contribution is -2.32. The van der Waals surface area contributed by atoms with Gasteiger partial charge in [-0.05, 0) is 56.4 Å². The molecule has 0 unspecified atom stereocenters. The van der Waals surface area contributed by atoms with Crippen LogP contribution in [0.5, 0.6) is 0 Å². The summed E-state index contributed by atoms with van der Waals surface area (Å²) in [5.41, 5.74) is 2.12. The molecule has 6 rings (SSSR count). The first-order valence-electron chi connectivity index (χ1n) is 15.3. The van der Waals surface area contributed by atoms with Crippen LogP contribution in [-0.4, -0.2) is 34.9 Å². The summed E-state index contributed by atoms with van der Waals surface area (Å²) in [7, 11) is 1.80. The number of nitrogens with zero attached hydrogens (tertiary/aromatic N) is 6. The van der Waals surface area contributed by atoms with Gasteiger partial charge in [0.25, 0.3) is 11.5 Å². The zero-order valence-corrected chi connectivity index (χ0v) is 22.7. The highest BCUT2D eigenvalue weighted by atomic mass is 16.2. The van der Waals surface area contributed by atoms with Crippen molar-refractivity contribution in [2.45, 2.75) is 26.8 Å².